The van der Waals surface area contributed by atoms with Gasteiger partial charge in [-0.1, -0.05) is 0 Å². The molecule has 1 heterocycles. The molecule has 3 rings (SSSR count). The molecule has 1 aromatic carbocycles. The summed E-state index contributed by atoms with van der Waals surface area (Å²) in [5, 5.41) is 18.3. The van der Waals surface area contributed by atoms with E-state index >= 15 is 0 Å². The minimum absolute atomic E-state index is 0.0689. The Labute approximate surface area is 110 Å². The van der Waals surface area contributed by atoms with Gasteiger partial charge in [-0.2, -0.15) is 0 Å². The third-order valence-electron chi connectivity index (χ3n) is 3.77. The molecule has 5 heteroatoms. The molecule has 3 unspecified atom stereocenters. The second kappa shape index (κ2) is 4.57. The Bertz CT molecular complexity index is 523. The zero-order valence-electron chi connectivity index (χ0n) is 10.3. The van der Waals surface area contributed by atoms with Gasteiger partial charge in [-0.25, -0.2) is 4.99 Å². The number of carboxylic acids is 1. The number of aliphatic carboxylic acids is 1. The van der Waals surface area contributed by atoms with E-state index in [9.17, 15) is 9.90 Å². The van der Waals surface area contributed by atoms with Gasteiger partial charge in [0.1, 0.15) is 11.9 Å². The predicted octanol–water partition coefficient (Wildman–Crippen LogP) is 1.79. The smallest absolute Gasteiger partial charge is 0.306 e. The summed E-state index contributed by atoms with van der Waals surface area (Å²) < 4.78 is 5.78. The van der Waals surface area contributed by atoms with Gasteiger partial charge in [0, 0.05) is 5.56 Å². The molecule has 1 aliphatic heterocycles. The van der Waals surface area contributed by atoms with E-state index in [1.54, 1.807) is 24.3 Å². The Hall–Kier alpha value is -2.04. The maximum atomic E-state index is 11.0. The number of hydrogen-bond acceptors (Lipinski definition) is 4. The first-order valence-corrected chi connectivity index (χ1v) is 6.40. The van der Waals surface area contributed by atoms with Crippen molar-refractivity contribution in [3.8, 4) is 5.75 Å². The maximum absolute atomic E-state index is 11.0. The normalized spacial score (nSPS) is 29.3. The monoisotopic (exact) mass is 261 g/mol. The number of ether oxygens (including phenoxy) is 1. The van der Waals surface area contributed by atoms with Crippen molar-refractivity contribution in [2.75, 3.05) is 0 Å². The zero-order chi connectivity index (χ0) is 13.4. The van der Waals surface area contributed by atoms with Crippen LogP contribution in [0.15, 0.2) is 29.3 Å². The van der Waals surface area contributed by atoms with Crippen LogP contribution in [0.25, 0.3) is 0 Å². The summed E-state index contributed by atoms with van der Waals surface area (Å²) in [7, 11) is 0. The van der Waals surface area contributed by atoms with Crippen LogP contribution in [0.1, 0.15) is 24.8 Å². The first kappa shape index (κ1) is 12.0. The first-order valence-electron chi connectivity index (χ1n) is 6.40. The van der Waals surface area contributed by atoms with E-state index in [1.807, 2.05) is 0 Å². The van der Waals surface area contributed by atoms with Crippen molar-refractivity contribution in [3.05, 3.63) is 29.8 Å². The number of hydrogen-bond donors (Lipinski definition) is 2. The number of phenolic OH excluding ortho intramolecular Hbond substituents is 1. The molecular formula is C14H15NO4. The molecule has 1 fully saturated rings. The number of phenols is 1. The minimum atomic E-state index is -0.750. The van der Waals surface area contributed by atoms with Crippen LogP contribution in [-0.2, 0) is 9.53 Å². The quantitative estimate of drug-likeness (QED) is 0.850. The van der Waals surface area contributed by atoms with Crippen molar-refractivity contribution in [2.45, 2.75) is 31.4 Å². The highest BCUT2D eigenvalue weighted by atomic mass is 16.5. The lowest BCUT2D eigenvalue weighted by Gasteiger charge is -2.26. The molecule has 5 nitrogen and oxygen atoms in total. The maximum Gasteiger partial charge on any atom is 0.306 e. The van der Waals surface area contributed by atoms with Gasteiger partial charge in [0.05, 0.1) is 12.0 Å². The molecule has 0 radical (unpaired) electrons. The number of benzene rings is 1. The average Bonchev–Trinajstić information content (AvgIpc) is 2.82. The Morgan fingerprint density at radius 3 is 2.68 bits per heavy atom. The highest BCUT2D eigenvalue weighted by Crippen LogP contribution is 2.33. The molecule has 1 aliphatic carbocycles. The molecule has 0 aromatic heterocycles. The molecule has 0 spiro atoms. The van der Waals surface area contributed by atoms with E-state index in [4.69, 9.17) is 9.84 Å². The van der Waals surface area contributed by atoms with Crippen molar-refractivity contribution in [3.63, 3.8) is 0 Å². The van der Waals surface area contributed by atoms with Crippen molar-refractivity contribution in [2.24, 2.45) is 10.9 Å². The third kappa shape index (κ3) is 2.28. The van der Waals surface area contributed by atoms with Crippen molar-refractivity contribution >= 4 is 11.9 Å². The number of aromatic hydroxyl groups is 1. The van der Waals surface area contributed by atoms with Gasteiger partial charge in [0.25, 0.3) is 0 Å². The fourth-order valence-electron chi connectivity index (χ4n) is 2.68. The molecule has 1 aromatic rings. The third-order valence-corrected chi connectivity index (χ3v) is 3.77. The highest BCUT2D eigenvalue weighted by molar-refractivity contribution is 5.95. The lowest BCUT2D eigenvalue weighted by Crippen LogP contribution is -2.34. The van der Waals surface area contributed by atoms with E-state index < -0.39 is 5.97 Å². The number of carboxylic acid groups (broad SMARTS) is 1. The second-order valence-corrected chi connectivity index (χ2v) is 5.05. The summed E-state index contributed by atoms with van der Waals surface area (Å²) in [5.74, 6) is -0.317. The van der Waals surface area contributed by atoms with Crippen molar-refractivity contribution in [1.29, 1.82) is 0 Å². The molecule has 0 bridgehead atoms. The molecule has 3 atom stereocenters. The SMILES string of the molecule is O=C(O)C1CCC2N=C(c3ccc(O)cc3)OC2C1. The summed E-state index contributed by atoms with van der Waals surface area (Å²) in [6.45, 7) is 0. The van der Waals surface area contributed by atoms with Gasteiger partial charge in [0.15, 0.2) is 0 Å². The van der Waals surface area contributed by atoms with Crippen molar-refractivity contribution in [1.82, 2.24) is 0 Å². The average molecular weight is 261 g/mol. The number of nitrogens with zero attached hydrogens (tertiary/aromatic N) is 1. The molecule has 2 aliphatic rings. The highest BCUT2D eigenvalue weighted by Gasteiger charge is 2.39. The number of fused-ring (bicyclic) bond motifs is 1. The van der Waals surface area contributed by atoms with E-state index in [0.29, 0.717) is 18.7 Å². The van der Waals surface area contributed by atoms with E-state index in [1.165, 1.54) is 0 Å². The number of aliphatic imine (C=N–C) groups is 1. The van der Waals surface area contributed by atoms with Gasteiger partial charge >= 0.3 is 5.97 Å². The Morgan fingerprint density at radius 2 is 2.00 bits per heavy atom. The van der Waals surface area contributed by atoms with Gasteiger partial charge in [-0.3, -0.25) is 4.79 Å². The number of rotatable bonds is 2. The van der Waals surface area contributed by atoms with Crippen LogP contribution in [0, 0.1) is 5.92 Å². The van der Waals surface area contributed by atoms with Crippen LogP contribution in [0.4, 0.5) is 0 Å². The lowest BCUT2D eigenvalue weighted by molar-refractivity contribution is -0.143. The molecule has 2 N–H and O–H groups in total. The van der Waals surface area contributed by atoms with Crippen LogP contribution in [-0.4, -0.2) is 34.2 Å². The Balaban J connectivity index is 1.75. The summed E-state index contributed by atoms with van der Waals surface area (Å²) in [6, 6.07) is 6.74. The van der Waals surface area contributed by atoms with Crippen LogP contribution in [0.2, 0.25) is 0 Å². The Kier molecular flexibility index (Phi) is 2.89. The van der Waals surface area contributed by atoms with Gasteiger partial charge in [-0.05, 0) is 43.5 Å². The minimum Gasteiger partial charge on any atom is -0.508 e. The topological polar surface area (TPSA) is 79.1 Å². The van der Waals surface area contributed by atoms with Crippen molar-refractivity contribution < 1.29 is 19.7 Å². The molecule has 0 amide bonds. The molecule has 100 valence electrons. The predicted molar refractivity (Wildman–Crippen MR) is 68.3 cm³/mol. The van der Waals surface area contributed by atoms with Crippen LogP contribution in [0.3, 0.4) is 0 Å². The molecule has 19 heavy (non-hydrogen) atoms. The lowest BCUT2D eigenvalue weighted by atomic mass is 9.84. The van der Waals surface area contributed by atoms with Crippen LogP contribution < -0.4 is 0 Å². The van der Waals surface area contributed by atoms with E-state index in [0.717, 1.165) is 12.0 Å². The fraction of sp³-hybridized carbons (Fsp3) is 0.429. The van der Waals surface area contributed by atoms with E-state index in [2.05, 4.69) is 4.99 Å². The van der Waals surface area contributed by atoms with Gasteiger partial charge in [-0.15, -0.1) is 0 Å². The van der Waals surface area contributed by atoms with Gasteiger partial charge in [0.2, 0.25) is 5.90 Å². The molecule has 1 saturated carbocycles. The molecule has 0 saturated heterocycles. The second-order valence-electron chi connectivity index (χ2n) is 5.05. The standard InChI is InChI=1S/C14H15NO4/c16-10-4-1-8(2-5-10)13-15-11-6-3-9(14(17)18)7-12(11)19-13/h1-2,4-5,9,11-12,16H,3,6-7H2,(H,17,18). The fourth-order valence-corrected chi connectivity index (χ4v) is 2.68. The van der Waals surface area contributed by atoms with Gasteiger partial charge < -0.3 is 14.9 Å². The van der Waals surface area contributed by atoms with Crippen LogP contribution >= 0.6 is 0 Å². The summed E-state index contributed by atoms with van der Waals surface area (Å²) >= 11 is 0. The van der Waals surface area contributed by atoms with E-state index in [-0.39, 0.29) is 23.8 Å². The number of carbonyl (C=O) groups is 1. The zero-order valence-corrected chi connectivity index (χ0v) is 10.3. The summed E-state index contributed by atoms with van der Waals surface area (Å²) in [5.41, 5.74) is 0.819. The Morgan fingerprint density at radius 1 is 1.26 bits per heavy atom. The molecular weight excluding hydrogens is 246 g/mol. The largest absolute Gasteiger partial charge is 0.508 e. The van der Waals surface area contributed by atoms with Crippen LogP contribution in [0.5, 0.6) is 5.75 Å². The first-order chi connectivity index (χ1) is 9.13. The summed E-state index contributed by atoms with van der Waals surface area (Å²) in [4.78, 5) is 15.5. The summed E-state index contributed by atoms with van der Waals surface area (Å²) in [6.07, 6.45) is 1.80.